The van der Waals surface area contributed by atoms with Gasteiger partial charge in [-0.2, -0.15) is 10.1 Å². The molecule has 0 unspecified atom stereocenters. The van der Waals surface area contributed by atoms with Crippen LogP contribution in [0.3, 0.4) is 0 Å². The fraction of sp³-hybridized carbons (Fsp3) is 0.432. The Kier molecular flexibility index (Phi) is 11.5. The van der Waals surface area contributed by atoms with Crippen molar-refractivity contribution in [3.05, 3.63) is 88.2 Å². The highest BCUT2D eigenvalue weighted by molar-refractivity contribution is 6.19. The van der Waals surface area contributed by atoms with Crippen molar-refractivity contribution in [2.45, 2.75) is 70.8 Å². The van der Waals surface area contributed by atoms with Gasteiger partial charge in [0, 0.05) is 75.1 Å². The number of nitrogens with one attached hydrogen (secondary N) is 2. The van der Waals surface area contributed by atoms with Gasteiger partial charge in [0.05, 0.1) is 41.4 Å². The Hall–Kier alpha value is -6.03. The quantitative estimate of drug-likeness (QED) is 0.235. The maximum atomic E-state index is 15.1. The summed E-state index contributed by atoms with van der Waals surface area (Å²) in [7, 11) is 3.64. The zero-order valence-electron chi connectivity index (χ0n) is 34.3. The third kappa shape index (κ3) is 8.37. The number of piperidine rings is 2. The number of likely N-dealkylation sites (tertiary alicyclic amines) is 1. The van der Waals surface area contributed by atoms with Crippen LogP contribution in [0.15, 0.2) is 53.7 Å². The van der Waals surface area contributed by atoms with Gasteiger partial charge in [-0.15, -0.1) is 0 Å². The summed E-state index contributed by atoms with van der Waals surface area (Å²) in [5.41, 5.74) is 4.56. The molecule has 4 aromatic rings. The normalized spacial score (nSPS) is 21.0. The number of carbonyl (C=O) groups excluding carboxylic acids is 4. The van der Waals surface area contributed by atoms with Gasteiger partial charge in [0.25, 0.3) is 11.8 Å². The van der Waals surface area contributed by atoms with Gasteiger partial charge in [-0.25, -0.2) is 13.5 Å². The molecule has 2 saturated heterocycles. The maximum Gasteiger partial charge on any atom is 0.280 e. The van der Waals surface area contributed by atoms with Gasteiger partial charge in [0.15, 0.2) is 0 Å². The average molecular weight is 822 g/mol. The molecule has 314 valence electrons. The number of hydrogen-bond donors (Lipinski definition) is 2. The number of halogens is 2. The van der Waals surface area contributed by atoms with Crippen molar-refractivity contribution >= 4 is 41.0 Å². The smallest absolute Gasteiger partial charge is 0.280 e. The SMILES string of the molecule is Cc1cc2cc(n1)-c1cnn(C)c1OCCC[C@@H](C)CN1/C(=N/C2=O)Nc2ccc(C(=O)N(C)C3CCN(CCc4cc(F)c([C@H]5CCC(=O)NC5=O)c(F)c4)CC3)cc21. The van der Waals surface area contributed by atoms with Crippen molar-refractivity contribution in [1.82, 2.24) is 29.9 Å². The number of aliphatic imine (C=N–C) groups is 1. The Morgan fingerprint density at radius 2 is 1.77 bits per heavy atom. The number of fused-ring (bicyclic) bond motifs is 7. The van der Waals surface area contributed by atoms with Crippen molar-refractivity contribution in [3.8, 4) is 17.1 Å². The molecule has 0 saturated carbocycles. The van der Waals surface area contributed by atoms with Gasteiger partial charge < -0.3 is 24.8 Å². The zero-order valence-corrected chi connectivity index (χ0v) is 34.3. The zero-order chi connectivity index (χ0) is 42.2. The fourth-order valence-corrected chi connectivity index (χ4v) is 8.71. The lowest BCUT2D eigenvalue weighted by atomic mass is 9.89. The molecule has 60 heavy (non-hydrogen) atoms. The molecule has 2 N–H and O–H groups in total. The lowest BCUT2D eigenvalue weighted by molar-refractivity contribution is -0.134. The predicted octanol–water partition coefficient (Wildman–Crippen LogP) is 5.61. The topological polar surface area (TPSA) is 154 Å². The lowest BCUT2D eigenvalue weighted by Gasteiger charge is -2.37. The summed E-state index contributed by atoms with van der Waals surface area (Å²) in [5, 5.41) is 9.89. The molecule has 0 radical (unpaired) electrons. The number of carbonyl (C=O) groups is 4. The highest BCUT2D eigenvalue weighted by Gasteiger charge is 2.34. The summed E-state index contributed by atoms with van der Waals surface area (Å²) in [4.78, 5) is 66.9. The van der Waals surface area contributed by atoms with Crippen LogP contribution >= 0.6 is 0 Å². The Morgan fingerprint density at radius 3 is 2.52 bits per heavy atom. The molecular formula is C44H49F2N9O5. The van der Waals surface area contributed by atoms with E-state index in [0.717, 1.165) is 37.1 Å². The number of pyridine rings is 1. The molecule has 2 atom stereocenters. The molecule has 2 fully saturated rings. The van der Waals surface area contributed by atoms with Crippen molar-refractivity contribution in [2.24, 2.45) is 18.0 Å². The average Bonchev–Trinajstić information content (AvgIpc) is 3.76. The van der Waals surface area contributed by atoms with Gasteiger partial charge in [-0.05, 0) is 99.4 Å². The molecule has 6 heterocycles. The van der Waals surface area contributed by atoms with Crippen LogP contribution in [0, 0.1) is 24.5 Å². The van der Waals surface area contributed by atoms with Gasteiger partial charge >= 0.3 is 0 Å². The molecule has 4 aliphatic rings. The highest BCUT2D eigenvalue weighted by Crippen LogP contribution is 2.36. The van der Waals surface area contributed by atoms with Gasteiger partial charge in [-0.1, -0.05) is 6.92 Å². The van der Waals surface area contributed by atoms with Gasteiger partial charge in [-0.3, -0.25) is 29.5 Å². The number of guanidine groups is 1. The van der Waals surface area contributed by atoms with E-state index in [1.54, 1.807) is 34.0 Å². The number of imide groups is 1. The number of anilines is 2. The van der Waals surface area contributed by atoms with Crippen molar-refractivity contribution in [2.75, 3.05) is 50.1 Å². The van der Waals surface area contributed by atoms with Crippen LogP contribution in [0.5, 0.6) is 5.88 Å². The van der Waals surface area contributed by atoms with E-state index in [-0.39, 0.29) is 36.3 Å². The summed E-state index contributed by atoms with van der Waals surface area (Å²) < 4.78 is 38.1. The van der Waals surface area contributed by atoms with Gasteiger partial charge in [0.1, 0.15) is 11.6 Å². The minimum atomic E-state index is -1.03. The first kappa shape index (κ1) is 40.7. The van der Waals surface area contributed by atoms with E-state index in [1.165, 1.54) is 12.1 Å². The van der Waals surface area contributed by atoms with Crippen LogP contribution in [0.25, 0.3) is 11.3 Å². The second kappa shape index (κ2) is 16.9. The van der Waals surface area contributed by atoms with E-state index in [1.807, 2.05) is 38.1 Å². The summed E-state index contributed by atoms with van der Waals surface area (Å²) >= 11 is 0. The van der Waals surface area contributed by atoms with Crippen molar-refractivity contribution in [3.63, 3.8) is 0 Å². The van der Waals surface area contributed by atoms with Crippen LogP contribution in [-0.2, 0) is 23.1 Å². The second-order valence-electron chi connectivity index (χ2n) is 16.4. The second-order valence-corrected chi connectivity index (χ2v) is 16.4. The Labute approximate surface area is 347 Å². The van der Waals surface area contributed by atoms with E-state index in [0.29, 0.717) is 84.7 Å². The molecule has 2 aromatic carbocycles. The largest absolute Gasteiger partial charge is 0.477 e. The van der Waals surface area contributed by atoms with E-state index >= 15 is 8.78 Å². The van der Waals surface area contributed by atoms with Crippen LogP contribution in [-0.4, -0.2) is 100 Å². The number of aryl methyl sites for hydroxylation is 2. The minimum Gasteiger partial charge on any atom is -0.477 e. The standard InChI is InChI=1S/C44H49F2N9O5/c1-25-6-5-17-60-43-32(23-47-53(43)4)36-21-29(18-26(2)48-36)40(57)51-44-49-35-9-7-28(22-37(35)55(44)24-25)42(59)52(3)30-12-15-54(16-13-30)14-11-27-19-33(45)39(34(46)20-27)31-8-10-38(56)50-41(31)58/h7,9,18-23,25,30-31H,5-6,8,10-17,24H2,1-4H3,(H,49,51,57)(H,50,56,58)/t25-,31-/m1/s1. The van der Waals surface area contributed by atoms with Crippen molar-refractivity contribution in [1.29, 1.82) is 0 Å². The lowest BCUT2D eigenvalue weighted by Crippen LogP contribution is -2.46. The first-order valence-corrected chi connectivity index (χ1v) is 20.6. The molecule has 0 aliphatic carbocycles. The molecule has 2 aromatic heterocycles. The third-order valence-corrected chi connectivity index (χ3v) is 12.0. The van der Waals surface area contributed by atoms with Crippen LogP contribution in [0.4, 0.5) is 20.2 Å². The maximum absolute atomic E-state index is 15.1. The minimum absolute atomic E-state index is 0.00539. The fourth-order valence-electron chi connectivity index (χ4n) is 8.71. The Bertz CT molecular complexity index is 2370. The number of rotatable bonds is 6. The number of hydrogen-bond acceptors (Lipinski definition) is 10. The number of nitrogens with zero attached hydrogens (tertiary/aromatic N) is 7. The molecule has 4 amide bonds. The Balaban J connectivity index is 0.929. The molecule has 0 spiro atoms. The van der Waals surface area contributed by atoms with Crippen LogP contribution in [0.1, 0.15) is 88.9 Å². The first-order valence-electron chi connectivity index (χ1n) is 20.6. The monoisotopic (exact) mass is 821 g/mol. The van der Waals surface area contributed by atoms with E-state index in [9.17, 15) is 19.2 Å². The number of benzene rings is 2. The molecule has 4 aliphatic heterocycles. The predicted molar refractivity (Wildman–Crippen MR) is 221 cm³/mol. The molecular weight excluding hydrogens is 773 g/mol. The molecule has 16 heteroatoms. The van der Waals surface area contributed by atoms with Gasteiger partial charge in [0.2, 0.25) is 23.7 Å². The van der Waals surface area contributed by atoms with Crippen LogP contribution in [0.2, 0.25) is 0 Å². The van der Waals surface area contributed by atoms with Crippen molar-refractivity contribution < 1.29 is 32.7 Å². The number of aromatic nitrogens is 3. The molecule has 2 bridgehead atoms. The summed E-state index contributed by atoms with van der Waals surface area (Å²) in [5.74, 6) is -3.08. The molecule has 14 nitrogen and oxygen atoms in total. The highest BCUT2D eigenvalue weighted by atomic mass is 19.1. The van der Waals surface area contributed by atoms with E-state index in [2.05, 4.69) is 37.5 Å². The van der Waals surface area contributed by atoms with E-state index < -0.39 is 35.3 Å². The van der Waals surface area contributed by atoms with E-state index in [4.69, 9.17) is 4.74 Å². The summed E-state index contributed by atoms with van der Waals surface area (Å²) in [6.07, 6.45) is 5.32. The van der Waals surface area contributed by atoms with Crippen LogP contribution < -0.4 is 20.3 Å². The number of amides is 4. The summed E-state index contributed by atoms with van der Waals surface area (Å²) in [6, 6.07) is 11.5. The Morgan fingerprint density at radius 1 is 1.00 bits per heavy atom. The number of ether oxygens (including phenoxy) is 1. The third-order valence-electron chi connectivity index (χ3n) is 12.0. The molecule has 8 rings (SSSR count). The summed E-state index contributed by atoms with van der Waals surface area (Å²) in [6.45, 7) is 7.02. The first-order chi connectivity index (χ1) is 28.8.